The summed E-state index contributed by atoms with van der Waals surface area (Å²) in [6.07, 6.45) is 11.7. The van der Waals surface area contributed by atoms with E-state index in [0.29, 0.717) is 0 Å². The molecule has 2 atom stereocenters. The smallest absolute Gasteiger partial charge is 0.00665 e. The fourth-order valence-electron chi connectivity index (χ4n) is 5.30. The van der Waals surface area contributed by atoms with Crippen LogP contribution < -0.4 is 0 Å². The van der Waals surface area contributed by atoms with Crippen molar-refractivity contribution in [3.8, 4) is 0 Å². The minimum Gasteiger partial charge on any atom is -0.0992 e. The summed E-state index contributed by atoms with van der Waals surface area (Å²) in [6.45, 7) is 9.12. The van der Waals surface area contributed by atoms with Gasteiger partial charge < -0.3 is 0 Å². The average molecular weight is 387 g/mol. The standard InChI is InChI=1S/C29H38/c1-21(2)28-15-16-29(20-28)27-13-11-25(12-14-27)18-22(3)17-24-7-9-26(10-8-24)19-23-5-4-6-23/h7-14,21,23,28-29H,3-6,15-20H2,1-2H3. The van der Waals surface area contributed by atoms with E-state index in [2.05, 4.69) is 69.0 Å². The van der Waals surface area contributed by atoms with Crippen LogP contribution in [0.2, 0.25) is 0 Å². The van der Waals surface area contributed by atoms with Crippen LogP contribution in [0.1, 0.15) is 80.5 Å². The van der Waals surface area contributed by atoms with Crippen molar-refractivity contribution in [2.24, 2.45) is 17.8 Å². The second kappa shape index (κ2) is 9.33. The van der Waals surface area contributed by atoms with Crippen LogP contribution in [0.5, 0.6) is 0 Å². The molecule has 2 aromatic rings. The van der Waals surface area contributed by atoms with E-state index >= 15 is 0 Å². The molecular formula is C29H38. The molecule has 0 bridgehead atoms. The summed E-state index contributed by atoms with van der Waals surface area (Å²) in [7, 11) is 0. The molecule has 0 nitrogen and oxygen atoms in total. The molecule has 29 heavy (non-hydrogen) atoms. The van der Waals surface area contributed by atoms with Gasteiger partial charge in [0.2, 0.25) is 0 Å². The van der Waals surface area contributed by atoms with Crippen LogP contribution in [-0.2, 0) is 19.3 Å². The Bertz CT molecular complexity index is 789. The van der Waals surface area contributed by atoms with Gasteiger partial charge in [-0.3, -0.25) is 0 Å². The number of benzene rings is 2. The molecule has 0 amide bonds. The quantitative estimate of drug-likeness (QED) is 0.404. The van der Waals surface area contributed by atoms with Crippen LogP contribution in [0.4, 0.5) is 0 Å². The third-order valence-corrected chi connectivity index (χ3v) is 7.55. The molecule has 2 aliphatic carbocycles. The molecule has 2 saturated carbocycles. The Balaban J connectivity index is 1.27. The average Bonchev–Trinajstić information content (AvgIpc) is 3.17. The Kier molecular flexibility index (Phi) is 6.58. The van der Waals surface area contributed by atoms with Crippen molar-refractivity contribution < 1.29 is 0 Å². The highest BCUT2D eigenvalue weighted by atomic mass is 14.3. The SMILES string of the molecule is C=C(Cc1ccc(CC2CCC2)cc1)Cc1ccc(C2CCC(C(C)C)C2)cc1. The van der Waals surface area contributed by atoms with Crippen molar-refractivity contribution >= 4 is 0 Å². The fourth-order valence-corrected chi connectivity index (χ4v) is 5.30. The number of allylic oxidation sites excluding steroid dienone is 1. The molecule has 0 saturated heterocycles. The number of hydrogen-bond acceptors (Lipinski definition) is 0. The van der Waals surface area contributed by atoms with Gasteiger partial charge in [-0.1, -0.05) is 93.8 Å². The lowest BCUT2D eigenvalue weighted by molar-refractivity contribution is 0.314. The van der Waals surface area contributed by atoms with Gasteiger partial charge in [0.1, 0.15) is 0 Å². The molecule has 4 rings (SSSR count). The van der Waals surface area contributed by atoms with E-state index in [-0.39, 0.29) is 0 Å². The van der Waals surface area contributed by atoms with Crippen LogP contribution in [0.15, 0.2) is 60.7 Å². The molecule has 0 N–H and O–H groups in total. The summed E-state index contributed by atoms with van der Waals surface area (Å²) >= 11 is 0. The Morgan fingerprint density at radius 1 is 0.828 bits per heavy atom. The molecule has 0 aliphatic heterocycles. The zero-order valence-electron chi connectivity index (χ0n) is 18.5. The third kappa shape index (κ3) is 5.41. The lowest BCUT2D eigenvalue weighted by Crippen LogP contribution is -2.13. The predicted molar refractivity (Wildman–Crippen MR) is 125 cm³/mol. The molecule has 0 heteroatoms. The first-order chi connectivity index (χ1) is 14.1. The van der Waals surface area contributed by atoms with Gasteiger partial charge in [0.05, 0.1) is 0 Å². The second-order valence-corrected chi connectivity index (χ2v) is 10.2. The van der Waals surface area contributed by atoms with Gasteiger partial charge in [-0.05, 0) is 84.5 Å². The number of hydrogen-bond donors (Lipinski definition) is 0. The molecule has 154 valence electrons. The first-order valence-corrected chi connectivity index (χ1v) is 11.9. The maximum atomic E-state index is 4.37. The van der Waals surface area contributed by atoms with Gasteiger partial charge in [0.15, 0.2) is 0 Å². The van der Waals surface area contributed by atoms with Crippen LogP contribution in [-0.4, -0.2) is 0 Å². The van der Waals surface area contributed by atoms with Gasteiger partial charge in [0, 0.05) is 0 Å². The molecule has 2 fully saturated rings. The normalized spacial score (nSPS) is 22.0. The minimum atomic E-state index is 0.776. The summed E-state index contributed by atoms with van der Waals surface area (Å²) in [4.78, 5) is 0. The second-order valence-electron chi connectivity index (χ2n) is 10.2. The Morgan fingerprint density at radius 2 is 1.41 bits per heavy atom. The summed E-state index contributed by atoms with van der Waals surface area (Å²) in [5.41, 5.74) is 7.16. The van der Waals surface area contributed by atoms with E-state index in [1.54, 1.807) is 5.56 Å². The van der Waals surface area contributed by atoms with Gasteiger partial charge in [0.25, 0.3) is 0 Å². The van der Waals surface area contributed by atoms with E-state index in [4.69, 9.17) is 0 Å². The van der Waals surface area contributed by atoms with E-state index < -0.39 is 0 Å². The Labute approximate surface area is 178 Å². The molecular weight excluding hydrogens is 348 g/mol. The fraction of sp³-hybridized carbons (Fsp3) is 0.517. The zero-order chi connectivity index (χ0) is 20.2. The lowest BCUT2D eigenvalue weighted by Gasteiger charge is -2.25. The van der Waals surface area contributed by atoms with Gasteiger partial charge in [-0.2, -0.15) is 0 Å². The van der Waals surface area contributed by atoms with Gasteiger partial charge in [-0.25, -0.2) is 0 Å². The van der Waals surface area contributed by atoms with Crippen molar-refractivity contribution in [2.75, 3.05) is 0 Å². The maximum Gasteiger partial charge on any atom is -0.00665 e. The van der Waals surface area contributed by atoms with E-state index in [1.165, 1.54) is 67.2 Å². The van der Waals surface area contributed by atoms with E-state index in [1.807, 2.05) is 0 Å². The summed E-state index contributed by atoms with van der Waals surface area (Å²) in [6, 6.07) is 18.7. The lowest BCUT2D eigenvalue weighted by atomic mass is 9.81. The van der Waals surface area contributed by atoms with Crippen molar-refractivity contribution in [2.45, 2.75) is 77.6 Å². The molecule has 0 spiro atoms. The molecule has 2 unspecified atom stereocenters. The van der Waals surface area contributed by atoms with Crippen molar-refractivity contribution in [1.29, 1.82) is 0 Å². The molecule has 0 radical (unpaired) electrons. The van der Waals surface area contributed by atoms with Crippen LogP contribution in [0.25, 0.3) is 0 Å². The zero-order valence-corrected chi connectivity index (χ0v) is 18.5. The van der Waals surface area contributed by atoms with Crippen molar-refractivity contribution in [3.63, 3.8) is 0 Å². The third-order valence-electron chi connectivity index (χ3n) is 7.55. The molecule has 2 aromatic carbocycles. The highest BCUT2D eigenvalue weighted by Gasteiger charge is 2.27. The van der Waals surface area contributed by atoms with Gasteiger partial charge in [-0.15, -0.1) is 0 Å². The topological polar surface area (TPSA) is 0 Å². The van der Waals surface area contributed by atoms with Crippen molar-refractivity contribution in [3.05, 3.63) is 82.9 Å². The predicted octanol–water partition coefficient (Wildman–Crippen LogP) is 7.91. The van der Waals surface area contributed by atoms with Gasteiger partial charge >= 0.3 is 0 Å². The summed E-state index contributed by atoms with van der Waals surface area (Å²) < 4.78 is 0. The summed E-state index contributed by atoms with van der Waals surface area (Å²) in [5, 5.41) is 0. The highest BCUT2D eigenvalue weighted by Crippen LogP contribution is 2.41. The number of rotatable bonds is 8. The largest absolute Gasteiger partial charge is 0.0992 e. The first-order valence-electron chi connectivity index (χ1n) is 11.9. The van der Waals surface area contributed by atoms with Crippen LogP contribution in [0, 0.1) is 17.8 Å². The van der Waals surface area contributed by atoms with Crippen molar-refractivity contribution in [1.82, 2.24) is 0 Å². The molecule has 0 heterocycles. The first kappa shape index (κ1) is 20.5. The monoisotopic (exact) mass is 386 g/mol. The van der Waals surface area contributed by atoms with Crippen LogP contribution >= 0.6 is 0 Å². The Hall–Kier alpha value is -1.82. The molecule has 0 aromatic heterocycles. The Morgan fingerprint density at radius 3 is 1.93 bits per heavy atom. The van der Waals surface area contributed by atoms with E-state index in [9.17, 15) is 0 Å². The maximum absolute atomic E-state index is 4.37. The highest BCUT2D eigenvalue weighted by molar-refractivity contribution is 5.31. The van der Waals surface area contributed by atoms with E-state index in [0.717, 1.165) is 36.5 Å². The van der Waals surface area contributed by atoms with Crippen LogP contribution in [0.3, 0.4) is 0 Å². The minimum absolute atomic E-state index is 0.776. The summed E-state index contributed by atoms with van der Waals surface area (Å²) in [5.74, 6) is 3.46. The molecule has 2 aliphatic rings.